The van der Waals surface area contributed by atoms with Crippen LogP contribution in [-0.2, 0) is 32.7 Å². The van der Waals surface area contributed by atoms with Crippen LogP contribution in [0.3, 0.4) is 0 Å². The fourth-order valence-electron chi connectivity index (χ4n) is 10.7. The molecule has 0 aliphatic carbocycles. The Labute approximate surface area is 526 Å². The largest absolute Gasteiger partial charge is 0.472 e. The minimum Gasteiger partial charge on any atom is -0.462 e. The van der Waals surface area contributed by atoms with Crippen molar-refractivity contribution >= 4 is 19.8 Å². The minimum atomic E-state index is -4.39. The van der Waals surface area contributed by atoms with Gasteiger partial charge in [-0.1, -0.05) is 337 Å². The highest BCUT2D eigenvalue weighted by molar-refractivity contribution is 7.47. The third kappa shape index (κ3) is 70.4. The zero-order valence-corrected chi connectivity index (χ0v) is 56.7. The molecule has 0 aromatic carbocycles. The third-order valence-electron chi connectivity index (χ3n) is 16.1. The monoisotopic (exact) mass is 1210 g/mol. The standard InChI is InChI=1S/C75H138NO8P/c1-3-5-7-9-11-13-15-17-19-21-23-25-27-29-31-32-33-34-35-36-37-38-39-40-42-44-46-48-50-52-54-56-58-60-62-64-66-68-75(78)84-73(72-83-85(79,80)82-70-69-76)71-81-74(77)67-65-63-61-59-57-55-53-51-49-47-45-43-41-30-28-26-24-22-20-18-16-14-12-10-8-6-4-2/h5,7,11,13,17,19,22-25,29,31,73H,3-4,6,8-10,12,14-16,18,20-21,26-28,30,32-72,76H2,1-2H3,(H,79,80)/b7-5-,13-11-,19-17-,24-22-,25-23-,31-29-. The summed E-state index contributed by atoms with van der Waals surface area (Å²) in [6, 6.07) is 0. The molecule has 0 aliphatic rings. The molecule has 10 heteroatoms. The number of hydrogen-bond acceptors (Lipinski definition) is 8. The summed E-state index contributed by atoms with van der Waals surface area (Å²) < 4.78 is 33.2. The third-order valence-corrected chi connectivity index (χ3v) is 17.1. The highest BCUT2D eigenvalue weighted by atomic mass is 31.2. The molecule has 0 saturated carbocycles. The first-order valence-corrected chi connectivity index (χ1v) is 37.9. The van der Waals surface area contributed by atoms with Gasteiger partial charge in [0.15, 0.2) is 6.10 Å². The van der Waals surface area contributed by atoms with Gasteiger partial charge in [-0.3, -0.25) is 18.6 Å². The number of phosphoric acid groups is 1. The second-order valence-corrected chi connectivity index (χ2v) is 25.9. The van der Waals surface area contributed by atoms with Crippen molar-refractivity contribution in [3.05, 3.63) is 72.9 Å². The van der Waals surface area contributed by atoms with Crippen molar-refractivity contribution in [2.24, 2.45) is 5.73 Å². The van der Waals surface area contributed by atoms with Gasteiger partial charge in [0.25, 0.3) is 0 Å². The maximum atomic E-state index is 12.8. The van der Waals surface area contributed by atoms with E-state index in [1.54, 1.807) is 0 Å². The second-order valence-electron chi connectivity index (χ2n) is 24.4. The molecule has 496 valence electrons. The summed E-state index contributed by atoms with van der Waals surface area (Å²) in [6.07, 6.45) is 93.0. The fourth-order valence-corrected chi connectivity index (χ4v) is 11.5. The number of unbranched alkanes of at least 4 members (excludes halogenated alkanes) is 44. The molecule has 0 fully saturated rings. The Bertz CT molecular complexity index is 1620. The molecule has 0 bridgehead atoms. The number of ether oxygens (including phenoxy) is 2. The van der Waals surface area contributed by atoms with Crippen molar-refractivity contribution in [2.45, 2.75) is 367 Å². The van der Waals surface area contributed by atoms with Crippen LogP contribution < -0.4 is 5.73 Å². The number of esters is 2. The number of rotatable bonds is 69. The van der Waals surface area contributed by atoms with Gasteiger partial charge >= 0.3 is 19.8 Å². The normalized spacial score (nSPS) is 13.3. The predicted molar refractivity (Wildman–Crippen MR) is 367 cm³/mol. The Morgan fingerprint density at radius 2 is 0.647 bits per heavy atom. The topological polar surface area (TPSA) is 134 Å². The van der Waals surface area contributed by atoms with Gasteiger partial charge in [0, 0.05) is 19.4 Å². The van der Waals surface area contributed by atoms with Gasteiger partial charge in [0.1, 0.15) is 6.61 Å². The van der Waals surface area contributed by atoms with Gasteiger partial charge in [-0.25, -0.2) is 4.57 Å². The van der Waals surface area contributed by atoms with Gasteiger partial charge in [-0.15, -0.1) is 0 Å². The van der Waals surface area contributed by atoms with Crippen LogP contribution in [0.1, 0.15) is 361 Å². The molecule has 0 aliphatic heterocycles. The molecule has 0 saturated heterocycles. The average molecular weight is 1210 g/mol. The molecular formula is C75H138NO8P. The van der Waals surface area contributed by atoms with Gasteiger partial charge in [-0.2, -0.15) is 0 Å². The first kappa shape index (κ1) is 82.5. The summed E-state index contributed by atoms with van der Waals surface area (Å²) in [5.41, 5.74) is 5.41. The Kier molecular flexibility index (Phi) is 68.4. The highest BCUT2D eigenvalue weighted by Gasteiger charge is 2.26. The van der Waals surface area contributed by atoms with E-state index in [-0.39, 0.29) is 38.6 Å². The van der Waals surface area contributed by atoms with E-state index in [2.05, 4.69) is 86.8 Å². The van der Waals surface area contributed by atoms with E-state index >= 15 is 0 Å². The molecule has 0 heterocycles. The first-order chi connectivity index (χ1) is 41.8. The summed E-state index contributed by atoms with van der Waals surface area (Å²) in [7, 11) is -4.39. The summed E-state index contributed by atoms with van der Waals surface area (Å²) in [5.74, 6) is -0.809. The van der Waals surface area contributed by atoms with Crippen molar-refractivity contribution in [3.63, 3.8) is 0 Å². The molecule has 0 aromatic rings. The van der Waals surface area contributed by atoms with Crippen LogP contribution in [0.4, 0.5) is 0 Å². The Morgan fingerprint density at radius 1 is 0.365 bits per heavy atom. The molecule has 2 atom stereocenters. The lowest BCUT2D eigenvalue weighted by atomic mass is 10.0. The number of phosphoric ester groups is 1. The van der Waals surface area contributed by atoms with Gasteiger partial charge in [-0.05, 0) is 83.5 Å². The maximum Gasteiger partial charge on any atom is 0.472 e. The number of carbonyl (C=O) groups is 2. The van der Waals surface area contributed by atoms with Crippen molar-refractivity contribution < 1.29 is 37.6 Å². The lowest BCUT2D eigenvalue weighted by molar-refractivity contribution is -0.161. The summed E-state index contributed by atoms with van der Waals surface area (Å²) in [6.45, 7) is 3.69. The van der Waals surface area contributed by atoms with E-state index in [1.807, 2.05) is 0 Å². The molecule has 0 rings (SSSR count). The first-order valence-electron chi connectivity index (χ1n) is 36.4. The number of nitrogens with two attached hydrogens (primary N) is 1. The SMILES string of the molecule is CC/C=C\C/C=C\C/C=C\C/C=C\C/C=C\CCCCCCCCCCCCCCCCCCCCCCCC(=O)OC(COC(=O)CCCCCCCCCCCCCCCCC/C=C\CCCCCCCCCC)COP(=O)(O)OCCN. The number of allylic oxidation sites excluding steroid dienone is 12. The van der Waals surface area contributed by atoms with Crippen molar-refractivity contribution in [3.8, 4) is 0 Å². The lowest BCUT2D eigenvalue weighted by Crippen LogP contribution is -2.29. The molecule has 3 N–H and O–H groups in total. The molecule has 0 spiro atoms. The molecule has 9 nitrogen and oxygen atoms in total. The van der Waals surface area contributed by atoms with Crippen LogP contribution in [0.2, 0.25) is 0 Å². The average Bonchev–Trinajstić information content (AvgIpc) is 3.52. The molecule has 0 aromatic heterocycles. The summed E-state index contributed by atoms with van der Waals surface area (Å²) >= 11 is 0. The van der Waals surface area contributed by atoms with E-state index < -0.39 is 26.5 Å². The van der Waals surface area contributed by atoms with E-state index in [4.69, 9.17) is 24.3 Å². The number of hydrogen-bond donors (Lipinski definition) is 2. The predicted octanol–water partition coefficient (Wildman–Crippen LogP) is 24.0. The molecule has 0 radical (unpaired) electrons. The van der Waals surface area contributed by atoms with E-state index in [0.29, 0.717) is 6.42 Å². The second kappa shape index (κ2) is 70.5. The van der Waals surface area contributed by atoms with Gasteiger partial charge < -0.3 is 20.1 Å². The summed E-state index contributed by atoms with van der Waals surface area (Å²) in [5, 5.41) is 0. The molecule has 85 heavy (non-hydrogen) atoms. The Hall–Kier alpha value is -2.55. The van der Waals surface area contributed by atoms with Crippen molar-refractivity contribution in [1.29, 1.82) is 0 Å². The van der Waals surface area contributed by atoms with E-state index in [9.17, 15) is 19.0 Å². The Morgan fingerprint density at radius 3 is 0.976 bits per heavy atom. The quantitative estimate of drug-likeness (QED) is 0.0264. The van der Waals surface area contributed by atoms with Crippen LogP contribution >= 0.6 is 7.82 Å². The van der Waals surface area contributed by atoms with Crippen molar-refractivity contribution in [1.82, 2.24) is 0 Å². The fraction of sp³-hybridized carbons (Fsp3) is 0.813. The van der Waals surface area contributed by atoms with E-state index in [0.717, 1.165) is 64.2 Å². The molecule has 0 amide bonds. The lowest BCUT2D eigenvalue weighted by Gasteiger charge is -2.19. The van der Waals surface area contributed by atoms with Crippen LogP contribution in [0, 0.1) is 0 Å². The highest BCUT2D eigenvalue weighted by Crippen LogP contribution is 2.43. The summed E-state index contributed by atoms with van der Waals surface area (Å²) in [4.78, 5) is 35.4. The molecule has 2 unspecified atom stereocenters. The van der Waals surface area contributed by atoms with Crippen LogP contribution in [0.15, 0.2) is 72.9 Å². The molecular weight excluding hydrogens is 1070 g/mol. The van der Waals surface area contributed by atoms with Gasteiger partial charge in [0.05, 0.1) is 13.2 Å². The smallest absolute Gasteiger partial charge is 0.462 e. The Balaban J connectivity index is 3.81. The van der Waals surface area contributed by atoms with Crippen LogP contribution in [0.5, 0.6) is 0 Å². The minimum absolute atomic E-state index is 0.0544. The number of carbonyl (C=O) groups excluding carboxylic acids is 2. The van der Waals surface area contributed by atoms with Crippen LogP contribution in [0.25, 0.3) is 0 Å². The van der Waals surface area contributed by atoms with E-state index in [1.165, 1.54) is 263 Å². The van der Waals surface area contributed by atoms with Gasteiger partial charge in [0.2, 0.25) is 0 Å². The maximum absolute atomic E-state index is 12.8. The zero-order chi connectivity index (χ0) is 61.6. The van der Waals surface area contributed by atoms with Crippen LogP contribution in [-0.4, -0.2) is 49.3 Å². The zero-order valence-electron chi connectivity index (χ0n) is 55.8. The van der Waals surface area contributed by atoms with Crippen molar-refractivity contribution in [2.75, 3.05) is 26.4 Å².